The molecule has 5 heteroatoms. The van der Waals surface area contributed by atoms with E-state index in [1.54, 1.807) is 13.3 Å². The van der Waals surface area contributed by atoms with Crippen molar-refractivity contribution in [2.45, 2.75) is 13.0 Å². The number of ether oxygens (including phenoxy) is 1. The van der Waals surface area contributed by atoms with Crippen LogP contribution < -0.4 is 10.1 Å². The Labute approximate surface area is 118 Å². The molecule has 0 aliphatic heterocycles. The lowest BCUT2D eigenvalue weighted by atomic mass is 10.1. The molecule has 0 aliphatic carbocycles. The fraction of sp³-hybridized carbons (Fsp3) is 0.357. The van der Waals surface area contributed by atoms with Crippen molar-refractivity contribution >= 4 is 11.6 Å². The first kappa shape index (κ1) is 13.9. The van der Waals surface area contributed by atoms with E-state index in [0.29, 0.717) is 11.7 Å². The summed E-state index contributed by atoms with van der Waals surface area (Å²) in [6, 6.07) is 8.11. The predicted octanol–water partition coefficient (Wildman–Crippen LogP) is 2.41. The molecule has 2 aromatic rings. The van der Waals surface area contributed by atoms with E-state index in [1.165, 1.54) is 5.56 Å². The highest BCUT2D eigenvalue weighted by Gasteiger charge is 2.03. The SMILES string of the molecule is COc1cccc(CCNCc2ncc(Cl)n2C)c1. The Kier molecular flexibility index (Phi) is 4.82. The van der Waals surface area contributed by atoms with Crippen LogP contribution in [-0.4, -0.2) is 23.2 Å². The maximum absolute atomic E-state index is 5.93. The minimum absolute atomic E-state index is 0.657. The van der Waals surface area contributed by atoms with Gasteiger partial charge in [-0.15, -0.1) is 0 Å². The topological polar surface area (TPSA) is 39.1 Å². The van der Waals surface area contributed by atoms with Crippen LogP contribution in [0, 0.1) is 0 Å². The molecule has 1 aromatic carbocycles. The number of halogens is 1. The van der Waals surface area contributed by atoms with Gasteiger partial charge < -0.3 is 14.6 Å². The summed E-state index contributed by atoms with van der Waals surface area (Å²) in [6.07, 6.45) is 2.62. The summed E-state index contributed by atoms with van der Waals surface area (Å²) in [6.45, 7) is 1.60. The summed E-state index contributed by atoms with van der Waals surface area (Å²) in [4.78, 5) is 4.24. The normalized spacial score (nSPS) is 10.7. The summed E-state index contributed by atoms with van der Waals surface area (Å²) < 4.78 is 7.08. The van der Waals surface area contributed by atoms with Crippen molar-refractivity contribution in [1.29, 1.82) is 0 Å². The van der Waals surface area contributed by atoms with Gasteiger partial charge in [0.2, 0.25) is 0 Å². The molecule has 0 spiro atoms. The number of hydrogen-bond donors (Lipinski definition) is 1. The summed E-state index contributed by atoms with van der Waals surface area (Å²) in [5.74, 6) is 1.84. The Morgan fingerprint density at radius 3 is 2.95 bits per heavy atom. The van der Waals surface area contributed by atoms with Gasteiger partial charge in [0.1, 0.15) is 16.7 Å². The molecule has 0 radical (unpaired) electrons. The zero-order valence-electron chi connectivity index (χ0n) is 11.2. The Morgan fingerprint density at radius 1 is 1.42 bits per heavy atom. The molecule has 102 valence electrons. The number of benzene rings is 1. The standard InChI is InChI=1S/C14H18ClN3O/c1-18-13(15)9-17-14(18)10-16-7-6-11-4-3-5-12(8-11)19-2/h3-5,8-9,16H,6-7,10H2,1-2H3. The average molecular weight is 280 g/mol. The van der Waals surface area contributed by atoms with E-state index in [0.717, 1.165) is 24.5 Å². The van der Waals surface area contributed by atoms with Gasteiger partial charge in [-0.25, -0.2) is 4.98 Å². The van der Waals surface area contributed by atoms with Gasteiger partial charge in [-0.05, 0) is 30.7 Å². The molecule has 1 aromatic heterocycles. The molecule has 0 bridgehead atoms. The van der Waals surface area contributed by atoms with Crippen LogP contribution in [0.4, 0.5) is 0 Å². The van der Waals surface area contributed by atoms with E-state index >= 15 is 0 Å². The van der Waals surface area contributed by atoms with Gasteiger partial charge in [-0.1, -0.05) is 23.7 Å². The maximum atomic E-state index is 5.93. The van der Waals surface area contributed by atoms with Gasteiger partial charge in [-0.2, -0.15) is 0 Å². The molecule has 0 atom stereocenters. The second-order valence-corrected chi connectivity index (χ2v) is 4.72. The Hall–Kier alpha value is -1.52. The minimum Gasteiger partial charge on any atom is -0.497 e. The van der Waals surface area contributed by atoms with Crippen molar-refractivity contribution in [3.05, 3.63) is 47.0 Å². The third kappa shape index (κ3) is 3.72. The molecule has 1 N–H and O–H groups in total. The highest BCUT2D eigenvalue weighted by atomic mass is 35.5. The summed E-state index contributed by atoms with van der Waals surface area (Å²) in [5, 5.41) is 4.02. The Morgan fingerprint density at radius 2 is 2.26 bits per heavy atom. The largest absolute Gasteiger partial charge is 0.497 e. The van der Waals surface area contributed by atoms with E-state index in [4.69, 9.17) is 16.3 Å². The molecule has 0 amide bonds. The molecule has 0 fully saturated rings. The number of hydrogen-bond acceptors (Lipinski definition) is 3. The van der Waals surface area contributed by atoms with Crippen LogP contribution in [0.1, 0.15) is 11.4 Å². The Bertz CT molecular complexity index is 539. The smallest absolute Gasteiger partial charge is 0.128 e. The van der Waals surface area contributed by atoms with Crippen molar-refractivity contribution < 1.29 is 4.74 Å². The van der Waals surface area contributed by atoms with E-state index in [2.05, 4.69) is 22.4 Å². The fourth-order valence-electron chi connectivity index (χ4n) is 1.85. The van der Waals surface area contributed by atoms with Gasteiger partial charge in [0.15, 0.2) is 0 Å². The number of rotatable bonds is 6. The number of nitrogens with one attached hydrogen (secondary N) is 1. The molecule has 4 nitrogen and oxygen atoms in total. The number of imidazole rings is 1. The first-order valence-electron chi connectivity index (χ1n) is 6.20. The Balaban J connectivity index is 1.79. The minimum atomic E-state index is 0.657. The van der Waals surface area contributed by atoms with Crippen LogP contribution in [0.15, 0.2) is 30.5 Å². The maximum Gasteiger partial charge on any atom is 0.128 e. The molecule has 2 rings (SSSR count). The third-order valence-corrected chi connectivity index (χ3v) is 3.39. The van der Waals surface area contributed by atoms with Gasteiger partial charge in [-0.3, -0.25) is 0 Å². The van der Waals surface area contributed by atoms with Crippen molar-refractivity contribution in [2.24, 2.45) is 7.05 Å². The molecule has 19 heavy (non-hydrogen) atoms. The molecule has 0 aliphatic rings. The van der Waals surface area contributed by atoms with Crippen LogP contribution in [0.2, 0.25) is 5.15 Å². The molecule has 0 saturated heterocycles. The first-order valence-corrected chi connectivity index (χ1v) is 6.58. The van der Waals surface area contributed by atoms with Gasteiger partial charge in [0.25, 0.3) is 0 Å². The first-order chi connectivity index (χ1) is 9.20. The lowest BCUT2D eigenvalue weighted by molar-refractivity contribution is 0.414. The molecule has 0 saturated carbocycles. The summed E-state index contributed by atoms with van der Waals surface area (Å²) >= 11 is 5.93. The number of aromatic nitrogens is 2. The zero-order valence-corrected chi connectivity index (χ0v) is 11.9. The van der Waals surface area contributed by atoms with Crippen molar-refractivity contribution in [3.8, 4) is 5.75 Å². The van der Waals surface area contributed by atoms with E-state index in [9.17, 15) is 0 Å². The molecular formula is C14H18ClN3O. The van der Waals surface area contributed by atoms with Crippen LogP contribution in [0.3, 0.4) is 0 Å². The molecule has 0 unspecified atom stereocenters. The highest BCUT2D eigenvalue weighted by Crippen LogP contribution is 2.12. The lowest BCUT2D eigenvalue weighted by Crippen LogP contribution is -2.19. The van der Waals surface area contributed by atoms with Crippen molar-refractivity contribution in [2.75, 3.05) is 13.7 Å². The van der Waals surface area contributed by atoms with Crippen molar-refractivity contribution in [3.63, 3.8) is 0 Å². The summed E-state index contributed by atoms with van der Waals surface area (Å²) in [5.41, 5.74) is 1.25. The molecular weight excluding hydrogens is 262 g/mol. The van der Waals surface area contributed by atoms with Crippen molar-refractivity contribution in [1.82, 2.24) is 14.9 Å². The van der Waals surface area contributed by atoms with Gasteiger partial charge in [0, 0.05) is 7.05 Å². The zero-order chi connectivity index (χ0) is 13.7. The van der Waals surface area contributed by atoms with Gasteiger partial charge >= 0.3 is 0 Å². The number of methoxy groups -OCH3 is 1. The van der Waals surface area contributed by atoms with Crippen LogP contribution in [0.25, 0.3) is 0 Å². The molecule has 1 heterocycles. The monoisotopic (exact) mass is 279 g/mol. The van der Waals surface area contributed by atoms with E-state index in [-0.39, 0.29) is 0 Å². The summed E-state index contributed by atoms with van der Waals surface area (Å²) in [7, 11) is 3.59. The second kappa shape index (κ2) is 6.59. The quantitative estimate of drug-likeness (QED) is 0.826. The van der Waals surface area contributed by atoms with Gasteiger partial charge in [0.05, 0.1) is 19.9 Å². The third-order valence-electron chi connectivity index (χ3n) is 3.04. The second-order valence-electron chi connectivity index (χ2n) is 4.33. The van der Waals surface area contributed by atoms with Crippen LogP contribution >= 0.6 is 11.6 Å². The van der Waals surface area contributed by atoms with Crippen LogP contribution in [0.5, 0.6) is 5.75 Å². The fourth-order valence-corrected chi connectivity index (χ4v) is 2.00. The highest BCUT2D eigenvalue weighted by molar-refractivity contribution is 6.29. The lowest BCUT2D eigenvalue weighted by Gasteiger charge is -2.07. The van der Waals surface area contributed by atoms with E-state index in [1.807, 2.05) is 23.7 Å². The predicted molar refractivity (Wildman–Crippen MR) is 76.6 cm³/mol. The average Bonchev–Trinajstić information content (AvgIpc) is 2.75. The van der Waals surface area contributed by atoms with Crippen LogP contribution in [-0.2, 0) is 20.0 Å². The number of nitrogens with zero attached hydrogens (tertiary/aromatic N) is 2. The van der Waals surface area contributed by atoms with E-state index < -0.39 is 0 Å².